The lowest BCUT2D eigenvalue weighted by Gasteiger charge is -2.03. The van der Waals surface area contributed by atoms with Gasteiger partial charge in [-0.25, -0.2) is 9.59 Å². The van der Waals surface area contributed by atoms with Crippen molar-refractivity contribution < 1.29 is 19.1 Å². The summed E-state index contributed by atoms with van der Waals surface area (Å²) in [6, 6.07) is 14.1. The molecule has 0 atom stereocenters. The predicted molar refractivity (Wildman–Crippen MR) is 70.5 cm³/mol. The van der Waals surface area contributed by atoms with Gasteiger partial charge in [-0.2, -0.15) is 0 Å². The molecule has 0 saturated carbocycles. The largest absolute Gasteiger partial charge is 0.418 e. The van der Waals surface area contributed by atoms with Gasteiger partial charge in [-0.3, -0.25) is 0 Å². The first-order valence-corrected chi connectivity index (χ1v) is 6.13. The number of fused-ring (bicyclic) bond motifs is 2. The van der Waals surface area contributed by atoms with E-state index in [0.717, 1.165) is 0 Å². The summed E-state index contributed by atoms with van der Waals surface area (Å²) in [4.78, 5) is 23.7. The van der Waals surface area contributed by atoms with Crippen molar-refractivity contribution in [2.24, 2.45) is 0 Å². The Bertz CT molecular complexity index is 734. The highest BCUT2D eigenvalue weighted by molar-refractivity contribution is 6.12. The smallest absolute Gasteiger partial charge is 0.344 e. The van der Waals surface area contributed by atoms with E-state index in [4.69, 9.17) is 9.47 Å². The zero-order chi connectivity index (χ0) is 13.7. The molecule has 0 amide bonds. The van der Waals surface area contributed by atoms with Gasteiger partial charge in [0, 0.05) is 11.1 Å². The number of hydrogen-bond acceptors (Lipinski definition) is 4. The number of benzene rings is 2. The van der Waals surface area contributed by atoms with Gasteiger partial charge in [-0.05, 0) is 12.1 Å². The molecule has 0 radical (unpaired) electrons. The third kappa shape index (κ3) is 1.36. The van der Waals surface area contributed by atoms with Crippen LogP contribution < -0.4 is 0 Å². The summed E-state index contributed by atoms with van der Waals surface area (Å²) in [5, 5.41) is 0. The molecule has 2 aromatic rings. The van der Waals surface area contributed by atoms with Gasteiger partial charge in [0.25, 0.3) is 0 Å². The van der Waals surface area contributed by atoms with E-state index >= 15 is 0 Å². The molecule has 0 fully saturated rings. The topological polar surface area (TPSA) is 52.6 Å². The highest BCUT2D eigenvalue weighted by Gasteiger charge is 2.35. The van der Waals surface area contributed by atoms with E-state index in [-0.39, 0.29) is 0 Å². The van der Waals surface area contributed by atoms with Crippen LogP contribution in [0.2, 0.25) is 0 Å². The molecule has 2 heterocycles. The number of esters is 2. The zero-order valence-electron chi connectivity index (χ0n) is 10.3. The van der Waals surface area contributed by atoms with Crippen LogP contribution >= 0.6 is 0 Å². The van der Waals surface area contributed by atoms with Gasteiger partial charge in [0.15, 0.2) is 11.5 Å². The molecule has 0 unspecified atom stereocenters. The standard InChI is InChI=1S/C16H8O4/c17-15-11-7-3-1-5-9(11)13(19-15)14-10-6-2-4-8-12(10)16(18)20-14/h1-8H. The van der Waals surface area contributed by atoms with Crippen LogP contribution in [0.15, 0.2) is 48.5 Å². The van der Waals surface area contributed by atoms with E-state index in [1.54, 1.807) is 36.4 Å². The Hall–Kier alpha value is -2.88. The molecule has 0 bridgehead atoms. The second-order valence-electron chi connectivity index (χ2n) is 4.53. The highest BCUT2D eigenvalue weighted by atomic mass is 16.6. The van der Waals surface area contributed by atoms with Crippen LogP contribution in [0.3, 0.4) is 0 Å². The fraction of sp³-hybridized carbons (Fsp3) is 0. The third-order valence-electron chi connectivity index (χ3n) is 3.38. The molecular formula is C16H8O4. The van der Waals surface area contributed by atoms with E-state index < -0.39 is 11.9 Å². The Morgan fingerprint density at radius 1 is 0.550 bits per heavy atom. The van der Waals surface area contributed by atoms with Crippen molar-refractivity contribution in [3.05, 3.63) is 70.8 Å². The SMILES string of the molecule is O=C1OC(=C2OC(=O)c3ccccc32)c2ccccc21. The van der Waals surface area contributed by atoms with Crippen LogP contribution in [-0.4, -0.2) is 11.9 Å². The molecule has 0 spiro atoms. The lowest BCUT2D eigenvalue weighted by molar-refractivity contribution is 0.0676. The molecule has 4 rings (SSSR count). The number of ether oxygens (including phenoxy) is 2. The summed E-state index contributed by atoms with van der Waals surface area (Å²) in [5.41, 5.74) is 2.26. The fourth-order valence-electron chi connectivity index (χ4n) is 2.46. The Morgan fingerprint density at radius 3 is 1.30 bits per heavy atom. The molecule has 2 aliphatic rings. The summed E-state index contributed by atoms with van der Waals surface area (Å²) >= 11 is 0. The number of carbonyl (C=O) groups excluding carboxylic acids is 2. The Balaban J connectivity index is 1.99. The zero-order valence-corrected chi connectivity index (χ0v) is 10.3. The van der Waals surface area contributed by atoms with E-state index in [9.17, 15) is 9.59 Å². The van der Waals surface area contributed by atoms with Crippen molar-refractivity contribution >= 4 is 23.5 Å². The van der Waals surface area contributed by atoms with Gasteiger partial charge in [0.1, 0.15) is 0 Å². The van der Waals surface area contributed by atoms with E-state index in [0.29, 0.717) is 33.8 Å². The van der Waals surface area contributed by atoms with Gasteiger partial charge in [0.2, 0.25) is 0 Å². The average Bonchev–Trinajstić information content (AvgIpc) is 2.99. The Kier molecular flexibility index (Phi) is 2.09. The molecule has 0 aliphatic carbocycles. The summed E-state index contributed by atoms with van der Waals surface area (Å²) in [6.45, 7) is 0. The molecule has 4 nitrogen and oxygen atoms in total. The summed E-state index contributed by atoms with van der Waals surface area (Å²) in [5.74, 6) is -0.236. The minimum Gasteiger partial charge on any atom is -0.418 e. The lowest BCUT2D eigenvalue weighted by Crippen LogP contribution is -1.94. The van der Waals surface area contributed by atoms with Gasteiger partial charge >= 0.3 is 11.9 Å². The molecule has 0 aromatic heterocycles. The molecule has 20 heavy (non-hydrogen) atoms. The van der Waals surface area contributed by atoms with E-state index in [1.807, 2.05) is 12.1 Å². The monoisotopic (exact) mass is 264 g/mol. The molecular weight excluding hydrogens is 256 g/mol. The number of cyclic esters (lactones) is 2. The van der Waals surface area contributed by atoms with Gasteiger partial charge < -0.3 is 9.47 Å². The quantitative estimate of drug-likeness (QED) is 0.686. The Morgan fingerprint density at radius 2 is 0.900 bits per heavy atom. The molecule has 4 heteroatoms. The third-order valence-corrected chi connectivity index (χ3v) is 3.38. The van der Waals surface area contributed by atoms with Crippen LogP contribution in [0.1, 0.15) is 31.8 Å². The molecule has 0 N–H and O–H groups in total. The van der Waals surface area contributed by atoms with Crippen LogP contribution in [0, 0.1) is 0 Å². The van der Waals surface area contributed by atoms with Crippen molar-refractivity contribution in [3.63, 3.8) is 0 Å². The van der Waals surface area contributed by atoms with Crippen LogP contribution in [0.25, 0.3) is 11.5 Å². The fourth-order valence-corrected chi connectivity index (χ4v) is 2.46. The summed E-state index contributed by atoms with van der Waals surface area (Å²) in [7, 11) is 0. The molecule has 2 aliphatic heterocycles. The van der Waals surface area contributed by atoms with Crippen molar-refractivity contribution in [2.45, 2.75) is 0 Å². The number of carbonyl (C=O) groups is 2. The second kappa shape index (κ2) is 3.81. The van der Waals surface area contributed by atoms with Crippen molar-refractivity contribution in [1.82, 2.24) is 0 Å². The maximum Gasteiger partial charge on any atom is 0.344 e. The van der Waals surface area contributed by atoms with Crippen molar-refractivity contribution in [3.8, 4) is 0 Å². The average molecular weight is 264 g/mol. The normalized spacial score (nSPS) is 19.4. The van der Waals surface area contributed by atoms with Gasteiger partial charge in [0.05, 0.1) is 11.1 Å². The predicted octanol–water partition coefficient (Wildman–Crippen LogP) is 2.85. The van der Waals surface area contributed by atoms with Crippen molar-refractivity contribution in [2.75, 3.05) is 0 Å². The summed E-state index contributed by atoms with van der Waals surface area (Å²) in [6.07, 6.45) is 0. The minimum atomic E-state index is -0.427. The maximum atomic E-state index is 11.8. The highest BCUT2D eigenvalue weighted by Crippen LogP contribution is 2.40. The first-order chi connectivity index (χ1) is 9.75. The molecule has 2 aromatic carbocycles. The Labute approximate surface area is 114 Å². The van der Waals surface area contributed by atoms with Gasteiger partial charge in [-0.15, -0.1) is 0 Å². The van der Waals surface area contributed by atoms with Crippen LogP contribution in [0.4, 0.5) is 0 Å². The van der Waals surface area contributed by atoms with Crippen LogP contribution in [-0.2, 0) is 9.47 Å². The van der Waals surface area contributed by atoms with Crippen molar-refractivity contribution in [1.29, 1.82) is 0 Å². The number of rotatable bonds is 0. The minimum absolute atomic E-state index is 0.309. The van der Waals surface area contributed by atoms with E-state index in [2.05, 4.69) is 0 Å². The maximum absolute atomic E-state index is 11.8. The molecule has 0 saturated heterocycles. The molecule has 96 valence electrons. The van der Waals surface area contributed by atoms with Crippen LogP contribution in [0.5, 0.6) is 0 Å². The number of hydrogen-bond donors (Lipinski definition) is 0. The lowest BCUT2D eigenvalue weighted by atomic mass is 10.0. The van der Waals surface area contributed by atoms with Gasteiger partial charge in [-0.1, -0.05) is 36.4 Å². The summed E-state index contributed by atoms with van der Waals surface area (Å²) < 4.78 is 10.6. The van der Waals surface area contributed by atoms with E-state index in [1.165, 1.54) is 0 Å². The second-order valence-corrected chi connectivity index (χ2v) is 4.53. The first kappa shape index (κ1) is 11.0. The first-order valence-electron chi connectivity index (χ1n) is 6.13.